The van der Waals surface area contributed by atoms with Gasteiger partial charge in [0.05, 0.1) is 7.11 Å². The number of hydrogen-bond donors (Lipinski definition) is 0. The van der Waals surface area contributed by atoms with Crippen molar-refractivity contribution >= 4 is 5.69 Å². The highest BCUT2D eigenvalue weighted by molar-refractivity contribution is 5.49. The molecule has 1 unspecified atom stereocenters. The van der Waals surface area contributed by atoms with Crippen molar-refractivity contribution in [1.29, 1.82) is 0 Å². The molecule has 1 aromatic rings. The van der Waals surface area contributed by atoms with E-state index in [0.29, 0.717) is 0 Å². The fraction of sp³-hybridized carbons (Fsp3) is 0.571. The van der Waals surface area contributed by atoms with Crippen LogP contribution in [0.5, 0.6) is 5.75 Å². The Morgan fingerprint density at radius 3 is 2.69 bits per heavy atom. The Bertz CT molecular complexity index is 320. The van der Waals surface area contributed by atoms with Crippen molar-refractivity contribution < 1.29 is 4.74 Å². The molecule has 1 heterocycles. The van der Waals surface area contributed by atoms with Gasteiger partial charge in [0.2, 0.25) is 0 Å². The van der Waals surface area contributed by atoms with Gasteiger partial charge in [0, 0.05) is 18.8 Å². The van der Waals surface area contributed by atoms with Crippen LogP contribution in [0, 0.1) is 5.92 Å². The van der Waals surface area contributed by atoms with Gasteiger partial charge in [-0.3, -0.25) is 0 Å². The van der Waals surface area contributed by atoms with Gasteiger partial charge in [0.15, 0.2) is 0 Å². The van der Waals surface area contributed by atoms with Crippen molar-refractivity contribution in [2.45, 2.75) is 26.2 Å². The SMILES string of the molecule is CCC1CCCN(c2ccc(OC)cc2)C1. The summed E-state index contributed by atoms with van der Waals surface area (Å²) < 4.78 is 5.18. The highest BCUT2D eigenvalue weighted by Crippen LogP contribution is 2.26. The van der Waals surface area contributed by atoms with Crippen molar-refractivity contribution in [3.8, 4) is 5.75 Å². The van der Waals surface area contributed by atoms with E-state index in [1.54, 1.807) is 7.11 Å². The number of hydrogen-bond acceptors (Lipinski definition) is 2. The lowest BCUT2D eigenvalue weighted by Crippen LogP contribution is -2.35. The smallest absolute Gasteiger partial charge is 0.119 e. The second-order valence-electron chi connectivity index (χ2n) is 4.56. The molecule has 0 N–H and O–H groups in total. The summed E-state index contributed by atoms with van der Waals surface area (Å²) in [7, 11) is 1.71. The van der Waals surface area contributed by atoms with Crippen molar-refractivity contribution in [2.24, 2.45) is 5.92 Å². The predicted octanol–water partition coefficient (Wildman–Crippen LogP) is 3.32. The molecule has 0 radical (unpaired) electrons. The van der Waals surface area contributed by atoms with Gasteiger partial charge in [0.1, 0.15) is 5.75 Å². The summed E-state index contributed by atoms with van der Waals surface area (Å²) in [5, 5.41) is 0. The summed E-state index contributed by atoms with van der Waals surface area (Å²) in [4.78, 5) is 2.50. The molecule has 0 aliphatic carbocycles. The third kappa shape index (κ3) is 2.49. The van der Waals surface area contributed by atoms with Crippen LogP contribution in [-0.2, 0) is 0 Å². The van der Waals surface area contributed by atoms with E-state index in [1.807, 2.05) is 12.1 Å². The second kappa shape index (κ2) is 5.24. The summed E-state index contributed by atoms with van der Waals surface area (Å²) in [5.74, 6) is 1.81. The van der Waals surface area contributed by atoms with Gasteiger partial charge in [-0.05, 0) is 43.0 Å². The van der Waals surface area contributed by atoms with E-state index in [2.05, 4.69) is 24.0 Å². The third-order valence-corrected chi connectivity index (χ3v) is 3.53. The number of methoxy groups -OCH3 is 1. The van der Waals surface area contributed by atoms with Crippen LogP contribution < -0.4 is 9.64 Å². The zero-order valence-corrected chi connectivity index (χ0v) is 10.3. The standard InChI is InChI=1S/C14H21NO/c1-3-12-5-4-10-15(11-12)13-6-8-14(16-2)9-7-13/h6-9,12H,3-5,10-11H2,1-2H3. The lowest BCUT2D eigenvalue weighted by Gasteiger charge is -2.34. The quantitative estimate of drug-likeness (QED) is 0.773. The third-order valence-electron chi connectivity index (χ3n) is 3.53. The highest BCUT2D eigenvalue weighted by atomic mass is 16.5. The molecule has 1 saturated heterocycles. The molecule has 16 heavy (non-hydrogen) atoms. The van der Waals surface area contributed by atoms with Gasteiger partial charge >= 0.3 is 0 Å². The first-order valence-electron chi connectivity index (χ1n) is 6.22. The first kappa shape index (κ1) is 11.3. The van der Waals surface area contributed by atoms with Gasteiger partial charge in [-0.25, -0.2) is 0 Å². The molecule has 1 aromatic carbocycles. The van der Waals surface area contributed by atoms with Crippen molar-refractivity contribution in [3.63, 3.8) is 0 Å². The molecule has 0 bridgehead atoms. The minimum atomic E-state index is 0.871. The molecule has 88 valence electrons. The summed E-state index contributed by atoms with van der Waals surface area (Å²) >= 11 is 0. The predicted molar refractivity (Wildman–Crippen MR) is 68.2 cm³/mol. The topological polar surface area (TPSA) is 12.5 Å². The monoisotopic (exact) mass is 219 g/mol. The average molecular weight is 219 g/mol. The summed E-state index contributed by atoms with van der Waals surface area (Å²) in [6.07, 6.45) is 4.01. The molecule has 2 nitrogen and oxygen atoms in total. The fourth-order valence-corrected chi connectivity index (χ4v) is 2.43. The van der Waals surface area contributed by atoms with Gasteiger partial charge in [-0.15, -0.1) is 0 Å². The molecule has 0 saturated carbocycles. The minimum Gasteiger partial charge on any atom is -0.497 e. The Morgan fingerprint density at radius 2 is 2.06 bits per heavy atom. The molecule has 1 fully saturated rings. The van der Waals surface area contributed by atoms with Crippen molar-refractivity contribution in [1.82, 2.24) is 0 Å². The van der Waals surface area contributed by atoms with Gasteiger partial charge < -0.3 is 9.64 Å². The Balaban J connectivity index is 2.05. The van der Waals surface area contributed by atoms with Gasteiger partial charge in [-0.1, -0.05) is 13.3 Å². The lowest BCUT2D eigenvalue weighted by molar-refractivity contribution is 0.403. The zero-order valence-electron chi connectivity index (χ0n) is 10.3. The van der Waals surface area contributed by atoms with E-state index in [9.17, 15) is 0 Å². The maximum absolute atomic E-state index is 5.18. The maximum atomic E-state index is 5.18. The Labute approximate surface area is 98.2 Å². The Hall–Kier alpha value is -1.18. The molecule has 1 atom stereocenters. The Kier molecular flexibility index (Phi) is 3.70. The van der Waals surface area contributed by atoms with Crippen LogP contribution in [0.3, 0.4) is 0 Å². The maximum Gasteiger partial charge on any atom is 0.119 e. The minimum absolute atomic E-state index is 0.871. The Morgan fingerprint density at radius 1 is 1.31 bits per heavy atom. The van der Waals surface area contributed by atoms with E-state index in [1.165, 1.54) is 38.0 Å². The number of anilines is 1. The van der Waals surface area contributed by atoms with Crippen LogP contribution in [0.2, 0.25) is 0 Å². The summed E-state index contributed by atoms with van der Waals surface area (Å²) in [5.41, 5.74) is 1.33. The normalized spacial score (nSPS) is 20.9. The van der Waals surface area contributed by atoms with E-state index in [-0.39, 0.29) is 0 Å². The molecule has 2 heteroatoms. The molecule has 2 rings (SSSR count). The van der Waals surface area contributed by atoms with Gasteiger partial charge in [-0.2, -0.15) is 0 Å². The number of rotatable bonds is 3. The number of nitrogens with zero attached hydrogens (tertiary/aromatic N) is 1. The van der Waals surface area contributed by atoms with Crippen LogP contribution in [-0.4, -0.2) is 20.2 Å². The second-order valence-corrected chi connectivity index (χ2v) is 4.56. The van der Waals surface area contributed by atoms with Crippen LogP contribution in [0.4, 0.5) is 5.69 Å². The van der Waals surface area contributed by atoms with Crippen LogP contribution in [0.15, 0.2) is 24.3 Å². The zero-order chi connectivity index (χ0) is 11.4. The molecular weight excluding hydrogens is 198 g/mol. The molecule has 0 spiro atoms. The highest BCUT2D eigenvalue weighted by Gasteiger charge is 2.18. The van der Waals surface area contributed by atoms with Crippen molar-refractivity contribution in [2.75, 3.05) is 25.1 Å². The molecule has 1 aliphatic heterocycles. The number of piperidine rings is 1. The average Bonchev–Trinajstić information content (AvgIpc) is 2.39. The summed E-state index contributed by atoms with van der Waals surface area (Å²) in [6.45, 7) is 4.70. The molecule has 1 aliphatic rings. The van der Waals surface area contributed by atoms with E-state index in [0.717, 1.165) is 11.7 Å². The van der Waals surface area contributed by atoms with Gasteiger partial charge in [0.25, 0.3) is 0 Å². The molecule has 0 amide bonds. The van der Waals surface area contributed by atoms with Crippen molar-refractivity contribution in [3.05, 3.63) is 24.3 Å². The van der Waals surface area contributed by atoms with Crippen LogP contribution in [0.25, 0.3) is 0 Å². The number of ether oxygens (including phenoxy) is 1. The lowest BCUT2D eigenvalue weighted by atomic mass is 9.95. The van der Waals surface area contributed by atoms with Crippen LogP contribution >= 0.6 is 0 Å². The first-order chi connectivity index (χ1) is 7.83. The fourth-order valence-electron chi connectivity index (χ4n) is 2.43. The molecule has 0 aromatic heterocycles. The van der Waals surface area contributed by atoms with E-state index in [4.69, 9.17) is 4.74 Å². The van der Waals surface area contributed by atoms with E-state index >= 15 is 0 Å². The largest absolute Gasteiger partial charge is 0.497 e. The van der Waals surface area contributed by atoms with E-state index < -0.39 is 0 Å². The van der Waals surface area contributed by atoms with Crippen LogP contribution in [0.1, 0.15) is 26.2 Å². The summed E-state index contributed by atoms with van der Waals surface area (Å²) in [6, 6.07) is 8.42. The molecular formula is C14H21NO. The number of benzene rings is 1. The first-order valence-corrected chi connectivity index (χ1v) is 6.22.